The zero-order chi connectivity index (χ0) is 20.4. The molecule has 1 aromatic carbocycles. The SMILES string of the molecule is CCOC(=O)c1c(NC(=O)c2cc([N+](=O)[O-])cc([N+](=O)[O-])c2)sc2c1CCC2. The summed E-state index contributed by atoms with van der Waals surface area (Å²) < 4.78 is 5.08. The number of non-ortho nitro benzene ring substituents is 2. The number of nitrogens with zero attached hydrogens (tertiary/aromatic N) is 2. The fourth-order valence-corrected chi connectivity index (χ4v) is 4.30. The Morgan fingerprint density at radius 3 is 2.36 bits per heavy atom. The number of rotatable bonds is 6. The van der Waals surface area contributed by atoms with E-state index in [1.165, 1.54) is 11.3 Å². The minimum absolute atomic E-state index is 0.175. The highest BCUT2D eigenvalue weighted by atomic mass is 32.1. The minimum Gasteiger partial charge on any atom is -0.462 e. The molecule has 146 valence electrons. The number of ether oxygens (including phenoxy) is 1. The summed E-state index contributed by atoms with van der Waals surface area (Å²) in [6.07, 6.45) is 2.38. The van der Waals surface area contributed by atoms with E-state index in [0.717, 1.165) is 41.5 Å². The van der Waals surface area contributed by atoms with Gasteiger partial charge in [-0.1, -0.05) is 0 Å². The zero-order valence-electron chi connectivity index (χ0n) is 14.7. The molecule has 0 saturated heterocycles. The lowest BCUT2D eigenvalue weighted by atomic mass is 10.1. The first-order chi connectivity index (χ1) is 13.3. The van der Waals surface area contributed by atoms with Crippen LogP contribution >= 0.6 is 11.3 Å². The fourth-order valence-electron chi connectivity index (χ4n) is 3.02. The van der Waals surface area contributed by atoms with E-state index in [-0.39, 0.29) is 22.7 Å². The van der Waals surface area contributed by atoms with Crippen LogP contribution in [0.15, 0.2) is 18.2 Å². The Morgan fingerprint density at radius 2 is 1.79 bits per heavy atom. The van der Waals surface area contributed by atoms with Crippen molar-refractivity contribution in [2.24, 2.45) is 0 Å². The van der Waals surface area contributed by atoms with Gasteiger partial charge in [-0.3, -0.25) is 25.0 Å². The molecule has 0 radical (unpaired) electrons. The molecule has 10 nitrogen and oxygen atoms in total. The zero-order valence-corrected chi connectivity index (χ0v) is 15.5. The van der Waals surface area contributed by atoms with Gasteiger partial charge in [-0.05, 0) is 31.7 Å². The van der Waals surface area contributed by atoms with Crippen LogP contribution in [0.25, 0.3) is 0 Å². The summed E-state index contributed by atoms with van der Waals surface area (Å²) in [5.41, 5.74) is -0.266. The second kappa shape index (κ2) is 7.72. The number of carbonyl (C=O) groups is 2. The van der Waals surface area contributed by atoms with E-state index in [4.69, 9.17) is 4.74 Å². The van der Waals surface area contributed by atoms with Gasteiger partial charge in [-0.25, -0.2) is 4.79 Å². The van der Waals surface area contributed by atoms with E-state index < -0.39 is 33.1 Å². The fraction of sp³-hybridized carbons (Fsp3) is 0.294. The van der Waals surface area contributed by atoms with Gasteiger partial charge in [0.2, 0.25) is 0 Å². The van der Waals surface area contributed by atoms with Crippen molar-refractivity contribution in [2.45, 2.75) is 26.2 Å². The molecule has 11 heteroatoms. The lowest BCUT2D eigenvalue weighted by Crippen LogP contribution is -2.15. The number of fused-ring (bicyclic) bond motifs is 1. The third-order valence-corrected chi connectivity index (χ3v) is 5.42. The van der Waals surface area contributed by atoms with Crippen molar-refractivity contribution >= 4 is 39.6 Å². The van der Waals surface area contributed by atoms with E-state index in [2.05, 4.69) is 5.32 Å². The van der Waals surface area contributed by atoms with Crippen molar-refractivity contribution in [1.29, 1.82) is 0 Å². The molecule has 0 saturated carbocycles. The molecule has 1 heterocycles. The summed E-state index contributed by atoms with van der Waals surface area (Å²) in [5.74, 6) is -1.33. The molecule has 1 aliphatic rings. The van der Waals surface area contributed by atoms with Gasteiger partial charge in [-0.2, -0.15) is 0 Å². The largest absolute Gasteiger partial charge is 0.462 e. The van der Waals surface area contributed by atoms with Crippen LogP contribution in [0, 0.1) is 20.2 Å². The quantitative estimate of drug-likeness (QED) is 0.440. The number of esters is 1. The minimum atomic E-state index is -0.812. The number of nitro benzene ring substituents is 2. The van der Waals surface area contributed by atoms with Crippen molar-refractivity contribution in [3.05, 3.63) is 60.0 Å². The molecule has 0 aliphatic heterocycles. The standard InChI is InChI=1S/C17H15N3O7S/c1-2-27-17(22)14-12-4-3-5-13(12)28-16(14)18-15(21)9-6-10(19(23)24)8-11(7-9)20(25)26/h6-8H,2-5H2,1H3,(H,18,21). The first kappa shape index (κ1) is 19.4. The van der Waals surface area contributed by atoms with Crippen LogP contribution in [0.4, 0.5) is 16.4 Å². The summed E-state index contributed by atoms with van der Waals surface area (Å²) in [7, 11) is 0. The van der Waals surface area contributed by atoms with Gasteiger partial charge in [0.15, 0.2) is 0 Å². The third kappa shape index (κ3) is 3.69. The maximum absolute atomic E-state index is 12.6. The van der Waals surface area contributed by atoms with Crippen molar-refractivity contribution in [3.63, 3.8) is 0 Å². The van der Waals surface area contributed by atoms with E-state index in [0.29, 0.717) is 6.42 Å². The Morgan fingerprint density at radius 1 is 1.14 bits per heavy atom. The summed E-state index contributed by atoms with van der Waals surface area (Å²) in [6.45, 7) is 1.85. The van der Waals surface area contributed by atoms with E-state index >= 15 is 0 Å². The number of hydrogen-bond acceptors (Lipinski definition) is 8. The van der Waals surface area contributed by atoms with Crippen molar-refractivity contribution in [1.82, 2.24) is 0 Å². The number of amides is 1. The Labute approximate surface area is 162 Å². The topological polar surface area (TPSA) is 142 Å². The Balaban J connectivity index is 1.97. The number of carbonyl (C=O) groups excluding carboxylic acids is 2. The molecule has 2 aromatic rings. The van der Waals surface area contributed by atoms with E-state index in [1.54, 1.807) is 6.92 Å². The number of nitrogens with one attached hydrogen (secondary N) is 1. The molecular formula is C17H15N3O7S. The van der Waals surface area contributed by atoms with Gasteiger partial charge in [0, 0.05) is 17.0 Å². The molecule has 28 heavy (non-hydrogen) atoms. The molecule has 0 atom stereocenters. The van der Waals surface area contributed by atoms with Crippen LogP contribution in [-0.2, 0) is 17.6 Å². The summed E-state index contributed by atoms with van der Waals surface area (Å²) in [5, 5.41) is 24.9. The van der Waals surface area contributed by atoms with Crippen LogP contribution in [0.5, 0.6) is 0 Å². The molecule has 0 fully saturated rings. The Bertz CT molecular complexity index is 967. The maximum atomic E-state index is 12.6. The van der Waals surface area contributed by atoms with E-state index in [9.17, 15) is 29.8 Å². The molecule has 1 aliphatic carbocycles. The van der Waals surface area contributed by atoms with Gasteiger partial charge < -0.3 is 10.1 Å². The Kier molecular flexibility index (Phi) is 5.36. The van der Waals surface area contributed by atoms with Gasteiger partial charge in [0.1, 0.15) is 5.00 Å². The van der Waals surface area contributed by atoms with Crippen LogP contribution in [0.2, 0.25) is 0 Å². The lowest BCUT2D eigenvalue weighted by molar-refractivity contribution is -0.394. The van der Waals surface area contributed by atoms with Crippen molar-refractivity contribution in [2.75, 3.05) is 11.9 Å². The molecule has 1 N–H and O–H groups in total. The van der Waals surface area contributed by atoms with Crippen molar-refractivity contribution < 1.29 is 24.2 Å². The smallest absolute Gasteiger partial charge is 0.341 e. The number of benzene rings is 1. The molecule has 0 bridgehead atoms. The normalized spacial score (nSPS) is 12.3. The highest BCUT2D eigenvalue weighted by Gasteiger charge is 2.29. The number of hydrogen-bond donors (Lipinski definition) is 1. The molecular weight excluding hydrogens is 390 g/mol. The predicted octanol–water partition coefficient (Wildman–Crippen LogP) is 3.48. The van der Waals surface area contributed by atoms with Crippen LogP contribution in [0.1, 0.15) is 44.5 Å². The monoisotopic (exact) mass is 405 g/mol. The second-order valence-corrected chi connectivity index (χ2v) is 7.09. The molecule has 1 amide bonds. The van der Waals surface area contributed by atoms with Crippen LogP contribution < -0.4 is 5.32 Å². The lowest BCUT2D eigenvalue weighted by Gasteiger charge is -2.08. The van der Waals surface area contributed by atoms with Gasteiger partial charge in [-0.15, -0.1) is 11.3 Å². The number of nitro groups is 2. The number of thiophene rings is 1. The van der Waals surface area contributed by atoms with Crippen LogP contribution in [-0.4, -0.2) is 28.3 Å². The van der Waals surface area contributed by atoms with Gasteiger partial charge in [0.25, 0.3) is 17.3 Å². The summed E-state index contributed by atoms with van der Waals surface area (Å²) in [4.78, 5) is 46.3. The Hall–Kier alpha value is -3.34. The highest BCUT2D eigenvalue weighted by Crippen LogP contribution is 2.39. The van der Waals surface area contributed by atoms with E-state index in [1.807, 2.05) is 0 Å². The maximum Gasteiger partial charge on any atom is 0.341 e. The summed E-state index contributed by atoms with van der Waals surface area (Å²) in [6, 6.07) is 2.68. The molecule has 3 rings (SSSR count). The van der Waals surface area contributed by atoms with Gasteiger partial charge in [0.05, 0.1) is 33.6 Å². The average molecular weight is 405 g/mol. The number of aryl methyl sites for hydroxylation is 1. The molecule has 0 unspecified atom stereocenters. The molecule has 0 spiro atoms. The first-order valence-electron chi connectivity index (χ1n) is 8.38. The summed E-state index contributed by atoms with van der Waals surface area (Å²) >= 11 is 1.25. The van der Waals surface area contributed by atoms with Crippen LogP contribution in [0.3, 0.4) is 0 Å². The third-order valence-electron chi connectivity index (χ3n) is 4.21. The first-order valence-corrected chi connectivity index (χ1v) is 9.20. The second-order valence-electron chi connectivity index (χ2n) is 5.99. The number of anilines is 1. The van der Waals surface area contributed by atoms with Gasteiger partial charge >= 0.3 is 5.97 Å². The predicted molar refractivity (Wildman–Crippen MR) is 100 cm³/mol. The average Bonchev–Trinajstić information content (AvgIpc) is 3.21. The van der Waals surface area contributed by atoms with Crippen molar-refractivity contribution in [3.8, 4) is 0 Å². The highest BCUT2D eigenvalue weighted by molar-refractivity contribution is 7.17. The molecule has 1 aromatic heterocycles.